The average Bonchev–Trinajstić information content (AvgIpc) is 1.61. The van der Waals surface area contributed by atoms with Crippen molar-refractivity contribution < 1.29 is 242 Å². The molecule has 5 fully saturated rings. The number of aliphatic hydroxyl groups is 10. The number of para-hydroxylation sites is 1. The minimum Gasteiger partial charge on any atom is -0.480 e. The van der Waals surface area contributed by atoms with Crippen molar-refractivity contribution in [2.24, 2.45) is 0 Å². The molecule has 5 saturated heterocycles. The number of hydrogen-bond donors (Lipinski definition) is 28. The van der Waals surface area contributed by atoms with Gasteiger partial charge in [-0.05, 0) is 74.4 Å². The highest BCUT2D eigenvalue weighted by molar-refractivity contribution is 7.66. The molecule has 0 aliphatic carbocycles. The standard InChI is InChI=1S/C22H29FN3O10P.C13H19FN3O10P.C10H16FN2O15P3.C10H15FN2O12P2.C10H14FN2O9P/c1-13(2)34-17(28)14(3)25-37(32,36-15-8-6-5-7-9-15)33-12-22(23)18(29)21(4,31)19(35-22)26-11-10-16(27)24-20(26)30;1-6(8(19)20)16-28(24,25)26-5-13(14)9(21)12(2,23)10(27-13)17-4-3-7(18)15-11(17)22;1-9(17)6(15)10(11,26-7(9)13-3-2-5(14)12-8(13)16)4-25-30(21,22)28-31(23,24)27-29(18,19)20;1-9(17)6(15)10(11,4-23-27(21,22)25-26(18,19)20)24-7(9)13-3-2-5(14)12-8(13)16;1-9(17)6(15)10(11,4-21-23(18,19)20)22-7(9)13-3-2-5(14)12-8(13)16/h5-11,13-14,18-19,29,31H,12H2,1-4H3,(H,25,32)(H,24,27,30);3-4,6,9-10,21,23H,5H2,1-2H3,(H,19,20)(H,15,18,22)(H2,16,24,25);2-3,6-7,15,17H,4H2,1H3,(H,21,22)(H,23,24)(H,12,14,16)(H2,18,19,20);2-3,6-7,15,17H,4H2,1H3,(H,21,22)(H,12,14,16)(H2,18,19,20);2-3,6-7,15,17H,4H2,1H3,(H,12,14,16)(H2,18,19,20)/t14-,18-,19+,21+,22+,37?;6-,9-,10+,12+,13+;3*6-,7+,9+,10+/m00000/s1. The first-order valence-electron chi connectivity index (χ1n) is 39.7. The second-order valence-electron chi connectivity index (χ2n) is 32.4. The molecule has 5 aliphatic heterocycles. The maximum Gasteiger partial charge on any atom is 0.490 e. The van der Waals surface area contributed by atoms with Crippen molar-refractivity contribution in [2.45, 2.75) is 199 Å². The molecule has 1 aromatic carbocycles. The minimum atomic E-state index is -5.89. The van der Waals surface area contributed by atoms with E-state index in [0.717, 1.165) is 103 Å². The molecule has 824 valence electrons. The fourth-order valence-electron chi connectivity index (χ4n) is 13.0. The zero-order valence-corrected chi connectivity index (χ0v) is 82.2. The van der Waals surface area contributed by atoms with Gasteiger partial charge in [0.2, 0.25) is 0 Å². The lowest BCUT2D eigenvalue weighted by Crippen LogP contribution is -2.50. The van der Waals surface area contributed by atoms with Gasteiger partial charge in [-0.25, -0.2) is 87.5 Å². The largest absolute Gasteiger partial charge is 0.490 e. The number of benzene rings is 1. The number of esters is 1. The summed E-state index contributed by atoms with van der Waals surface area (Å²) >= 11 is 0. The molecule has 0 radical (unpaired) electrons. The molecule has 5 unspecified atom stereocenters. The number of ether oxygens (including phenoxy) is 6. The van der Waals surface area contributed by atoms with E-state index in [0.29, 0.717) is 22.8 Å². The van der Waals surface area contributed by atoms with Gasteiger partial charge in [-0.1, -0.05) is 18.2 Å². The van der Waals surface area contributed by atoms with Gasteiger partial charge in [0.25, 0.3) is 57.1 Å². The Morgan fingerprint density at radius 2 is 0.623 bits per heavy atom. The van der Waals surface area contributed by atoms with Gasteiger partial charge < -0.3 is 138 Å². The van der Waals surface area contributed by atoms with Crippen molar-refractivity contribution in [1.29, 1.82) is 0 Å². The molecule has 11 rings (SSSR count). The molecule has 146 heavy (non-hydrogen) atoms. The predicted molar refractivity (Wildman–Crippen MR) is 457 cm³/mol. The van der Waals surface area contributed by atoms with E-state index in [1.54, 1.807) is 42.1 Å². The molecular weight excluding hydrogens is 2190 g/mol. The second-order valence-corrected chi connectivity index (χ2v) is 44.2. The van der Waals surface area contributed by atoms with Crippen molar-refractivity contribution in [3.63, 3.8) is 0 Å². The van der Waals surface area contributed by atoms with Gasteiger partial charge in [-0.2, -0.15) is 18.0 Å². The van der Waals surface area contributed by atoms with E-state index in [1.807, 2.05) is 19.9 Å². The minimum absolute atomic E-state index is 0.0493. The summed E-state index contributed by atoms with van der Waals surface area (Å²) in [4.78, 5) is 236. The third kappa shape index (κ3) is 31.4. The third-order valence-corrected chi connectivity index (χ3v) is 29.1. The second kappa shape index (κ2) is 45.5. The molecule has 27 atom stereocenters. The zero-order chi connectivity index (χ0) is 112. The highest BCUT2D eigenvalue weighted by Crippen LogP contribution is 2.67. The van der Waals surface area contributed by atoms with Crippen LogP contribution in [0.1, 0.15) is 93.5 Å². The van der Waals surface area contributed by atoms with Gasteiger partial charge in [-0.3, -0.25) is 104 Å². The van der Waals surface area contributed by atoms with Crippen LogP contribution in [0.4, 0.5) is 22.0 Å². The number of aliphatic carboxylic acids is 1. The number of nitrogens with one attached hydrogen (secondary N) is 7. The van der Waals surface area contributed by atoms with Crippen LogP contribution in [0.5, 0.6) is 5.75 Å². The number of aliphatic hydroxyl groups excluding tert-OH is 5. The van der Waals surface area contributed by atoms with Crippen LogP contribution in [-0.2, 0) is 110 Å². The summed E-state index contributed by atoms with van der Waals surface area (Å²) < 4.78 is 237. The normalized spacial score (nSPS) is 32.2. The maximum absolute atomic E-state index is 15.8. The number of carbonyl (C=O) groups excluding carboxylic acids is 1. The molecule has 10 heterocycles. The lowest BCUT2D eigenvalue weighted by Gasteiger charge is -2.29. The molecule has 5 aliphatic rings. The number of carboxylic acids is 1. The molecule has 5 aromatic heterocycles. The Hall–Kier alpha value is -8.55. The number of halogens is 5. The number of hydrogen-bond acceptors (Lipinski definition) is 45. The fraction of sp³-hybridized carbons (Fsp3) is 0.569. The Bertz CT molecular complexity index is 6790. The van der Waals surface area contributed by atoms with Crippen LogP contribution in [0.3, 0.4) is 0 Å². The molecule has 0 amide bonds. The summed E-state index contributed by atoms with van der Waals surface area (Å²) in [6.45, 7) is 2.71. The highest BCUT2D eigenvalue weighted by atomic mass is 31.3. The van der Waals surface area contributed by atoms with Crippen molar-refractivity contribution >= 4 is 74.4 Å². The van der Waals surface area contributed by atoms with Crippen molar-refractivity contribution in [3.05, 3.63) is 196 Å². The van der Waals surface area contributed by atoms with Crippen LogP contribution < -0.4 is 70.9 Å². The molecule has 28 N–H and O–H groups in total. The van der Waals surface area contributed by atoms with Crippen LogP contribution in [0.15, 0.2) is 140 Å². The number of aromatic nitrogens is 10. The summed E-state index contributed by atoms with van der Waals surface area (Å²) in [6, 6.07) is 9.30. The van der Waals surface area contributed by atoms with Crippen LogP contribution in [0.25, 0.3) is 0 Å². The number of phosphoric ester groups is 3. The Labute approximate surface area is 805 Å². The van der Waals surface area contributed by atoms with E-state index in [2.05, 4.69) is 36.1 Å². The van der Waals surface area contributed by atoms with Gasteiger partial charge in [0.05, 0.1) is 6.10 Å². The smallest absolute Gasteiger partial charge is 0.480 e. The van der Waals surface area contributed by atoms with E-state index >= 15 is 13.2 Å². The first-order valence-corrected chi connectivity index (χ1v) is 51.9. The van der Waals surface area contributed by atoms with Gasteiger partial charge in [0.1, 0.15) is 109 Å². The van der Waals surface area contributed by atoms with E-state index in [9.17, 15) is 164 Å². The van der Waals surface area contributed by atoms with Gasteiger partial charge >= 0.3 is 103 Å². The maximum atomic E-state index is 15.8. The molecule has 0 bridgehead atoms. The number of carboxylic acid groups (broad SMARTS) is 1. The van der Waals surface area contributed by atoms with Crippen molar-refractivity contribution in [1.82, 2.24) is 57.9 Å². The van der Waals surface area contributed by atoms with Crippen LogP contribution in [0.2, 0.25) is 0 Å². The number of aromatic amines is 5. The Morgan fingerprint density at radius 1 is 0.370 bits per heavy atom. The first-order chi connectivity index (χ1) is 66.1. The highest BCUT2D eigenvalue weighted by Gasteiger charge is 2.69. The molecule has 81 heteroatoms. The van der Waals surface area contributed by atoms with Crippen LogP contribution >= 0.6 is 62.4 Å². The Kier molecular flexibility index (Phi) is 38.8. The summed E-state index contributed by atoms with van der Waals surface area (Å²) in [7, 11) is -42.7. The van der Waals surface area contributed by atoms with E-state index in [1.165, 1.54) is 19.1 Å². The van der Waals surface area contributed by atoms with Crippen LogP contribution in [-0.4, -0.2) is 304 Å². The number of rotatable bonds is 35. The fourth-order valence-corrected chi connectivity index (χ4v) is 20.5. The monoisotopic (exact) mass is 2280 g/mol. The van der Waals surface area contributed by atoms with E-state index in [4.69, 9.17) is 81.7 Å². The van der Waals surface area contributed by atoms with Gasteiger partial charge in [0, 0.05) is 61.3 Å². The summed E-state index contributed by atoms with van der Waals surface area (Å²) in [5, 5.41) is 116. The van der Waals surface area contributed by atoms with E-state index in [-0.39, 0.29) is 5.75 Å². The molecule has 68 nitrogen and oxygen atoms in total. The summed E-state index contributed by atoms with van der Waals surface area (Å²) in [5.74, 6) is -18.8. The third-order valence-electron chi connectivity index (χ3n) is 19.9. The number of phosphoric acid groups is 6. The van der Waals surface area contributed by atoms with Crippen LogP contribution in [0, 0.1) is 0 Å². The lowest BCUT2D eigenvalue weighted by atomic mass is 9.95. The Balaban J connectivity index is 0.000000249. The quantitative estimate of drug-likeness (QED) is 0.00999. The SMILES string of the molecule is CC(C)OC(=O)[C@H](C)NP(=O)(OC[C@@]1(F)O[C@@H](n2ccc(=O)[nH]c2=O)[C@](C)(O)[C@@H]1O)Oc1ccccc1.C[C@H](NP(=O)(O)OC[C@@]1(F)O[C@@H](n2ccc(=O)[nH]c2=O)[C@](C)(O)[C@@H]1O)C(=O)O.C[C@]1(O)[C@H](n2ccc(=O)[nH]c2=O)O[C@](F)(COP(=O)(O)O)[C@H]1O.C[C@]1(O)[C@H](n2ccc(=O)[nH]c2=O)O[C@](F)(COP(=O)(O)OP(=O)(O)O)[C@H]1O.C[C@]1(O)[C@H](n2ccc(=O)[nH]c2=O)O[C@](F)(COP(=O)(O)OP(=O)(O)OP(=O)(O)O)[C@H]1O. The summed E-state index contributed by atoms with van der Waals surface area (Å²) in [6.07, 6.45) is -17.4. The predicted octanol–water partition coefficient (Wildman–Crippen LogP) is -6.79. The van der Waals surface area contributed by atoms with Crippen molar-refractivity contribution in [2.75, 3.05) is 33.0 Å². The van der Waals surface area contributed by atoms with Gasteiger partial charge in [-0.15, -0.1) is 0 Å². The topological polar surface area (TPSA) is 1030 Å². The lowest BCUT2D eigenvalue weighted by molar-refractivity contribution is -0.205. The number of carbonyl (C=O) groups is 2. The zero-order valence-electron chi connectivity index (χ0n) is 75.1. The van der Waals surface area contributed by atoms with Gasteiger partial charge in [0.15, 0.2) is 31.1 Å². The van der Waals surface area contributed by atoms with Crippen molar-refractivity contribution in [3.8, 4) is 5.75 Å². The number of nitrogens with zero attached hydrogens (tertiary/aromatic N) is 5. The summed E-state index contributed by atoms with van der Waals surface area (Å²) in [5.41, 5.74) is -21.6. The van der Waals surface area contributed by atoms with E-state index < -0.39 is 301 Å². The first kappa shape index (κ1) is 124. The molecule has 6 aromatic rings. The number of alkyl halides is 5. The Morgan fingerprint density at radius 3 is 0.877 bits per heavy atom. The molecular formula is C65H93F5N12O56P8. The molecule has 0 saturated carbocycles. The number of H-pyrrole nitrogens is 5. The average molecular weight is 2280 g/mol. The molecule has 0 spiro atoms.